The van der Waals surface area contributed by atoms with Crippen LogP contribution in [0.5, 0.6) is 0 Å². The Kier molecular flexibility index (Phi) is 4.01. The monoisotopic (exact) mass is 286 g/mol. The molecule has 3 aromatic rings. The molecule has 0 saturated heterocycles. The molecule has 2 heterocycles. The molecule has 0 unspecified atom stereocenters. The Morgan fingerprint density at radius 2 is 2.00 bits per heavy atom. The van der Waals surface area contributed by atoms with E-state index in [-0.39, 0.29) is 0 Å². The van der Waals surface area contributed by atoms with Crippen molar-refractivity contribution in [3.05, 3.63) is 60.2 Å². The molecule has 0 atom stereocenters. The summed E-state index contributed by atoms with van der Waals surface area (Å²) < 4.78 is 2.22. The van der Waals surface area contributed by atoms with Gasteiger partial charge in [0.25, 0.3) is 0 Å². The second kappa shape index (κ2) is 6.08. The summed E-state index contributed by atoms with van der Waals surface area (Å²) in [5.41, 5.74) is 0. The van der Waals surface area contributed by atoms with Crippen LogP contribution in [0.4, 0.5) is 0 Å². The molecule has 0 N–H and O–H groups in total. The van der Waals surface area contributed by atoms with Crippen molar-refractivity contribution in [1.29, 1.82) is 0 Å². The van der Waals surface area contributed by atoms with Crippen molar-refractivity contribution in [3.8, 4) is 10.7 Å². The highest BCUT2D eigenvalue weighted by atomic mass is 32.2. The number of imidazole rings is 1. The van der Waals surface area contributed by atoms with E-state index in [1.54, 1.807) is 11.3 Å². The van der Waals surface area contributed by atoms with Crippen LogP contribution in [-0.2, 0) is 6.54 Å². The number of benzene rings is 1. The van der Waals surface area contributed by atoms with Gasteiger partial charge in [-0.3, -0.25) is 0 Å². The fourth-order valence-corrected chi connectivity index (χ4v) is 3.51. The Hall–Kier alpha value is -1.52. The highest BCUT2D eigenvalue weighted by Crippen LogP contribution is 2.24. The number of nitrogens with zero attached hydrogens (tertiary/aromatic N) is 2. The number of aryl methyl sites for hydroxylation is 1. The first kappa shape index (κ1) is 12.5. The molecule has 0 aliphatic carbocycles. The lowest BCUT2D eigenvalue weighted by Gasteiger charge is -2.06. The van der Waals surface area contributed by atoms with Crippen LogP contribution in [0.2, 0.25) is 0 Å². The van der Waals surface area contributed by atoms with Crippen LogP contribution in [0.15, 0.2) is 65.1 Å². The SMILES string of the molecule is c1ccc(SCCn2ccnc2-c2cccs2)cc1. The number of aromatic nitrogens is 2. The molecule has 3 rings (SSSR count). The summed E-state index contributed by atoms with van der Waals surface area (Å²) >= 11 is 3.61. The van der Waals surface area contributed by atoms with E-state index in [1.165, 1.54) is 9.77 Å². The number of rotatable bonds is 5. The number of thiophene rings is 1. The minimum Gasteiger partial charge on any atom is -0.329 e. The Bertz CT molecular complexity index is 615. The Balaban J connectivity index is 1.64. The molecule has 0 aliphatic rings. The lowest BCUT2D eigenvalue weighted by molar-refractivity contribution is 0.781. The molecular formula is C15H14N2S2. The third-order valence-corrected chi connectivity index (χ3v) is 4.66. The minimum atomic E-state index is 0.979. The fraction of sp³-hybridized carbons (Fsp3) is 0.133. The van der Waals surface area contributed by atoms with E-state index in [1.807, 2.05) is 18.0 Å². The van der Waals surface area contributed by atoms with Gasteiger partial charge < -0.3 is 4.57 Å². The van der Waals surface area contributed by atoms with Crippen molar-refractivity contribution in [1.82, 2.24) is 9.55 Å². The number of hydrogen-bond donors (Lipinski definition) is 0. The molecule has 1 aromatic carbocycles. The van der Waals surface area contributed by atoms with E-state index in [2.05, 4.69) is 63.6 Å². The summed E-state index contributed by atoms with van der Waals surface area (Å²) in [6.45, 7) is 0.979. The van der Waals surface area contributed by atoms with Gasteiger partial charge in [-0.2, -0.15) is 0 Å². The van der Waals surface area contributed by atoms with Gasteiger partial charge in [0.2, 0.25) is 0 Å². The molecule has 0 fully saturated rings. The fourth-order valence-electron chi connectivity index (χ4n) is 1.90. The summed E-state index contributed by atoms with van der Waals surface area (Å²) in [7, 11) is 0. The van der Waals surface area contributed by atoms with Crippen molar-refractivity contribution >= 4 is 23.1 Å². The van der Waals surface area contributed by atoms with Crippen molar-refractivity contribution in [2.45, 2.75) is 11.4 Å². The molecule has 0 bridgehead atoms. The summed E-state index contributed by atoms with van der Waals surface area (Å²) in [5, 5.41) is 2.09. The lowest BCUT2D eigenvalue weighted by Crippen LogP contribution is -2.00. The first-order valence-corrected chi connectivity index (χ1v) is 8.03. The third kappa shape index (κ3) is 3.08. The zero-order chi connectivity index (χ0) is 12.9. The molecule has 0 saturated carbocycles. The van der Waals surface area contributed by atoms with E-state index < -0.39 is 0 Å². The summed E-state index contributed by atoms with van der Waals surface area (Å²) in [5.74, 6) is 2.13. The average Bonchev–Trinajstić information content (AvgIpc) is 3.10. The molecule has 4 heteroatoms. The van der Waals surface area contributed by atoms with Crippen molar-refractivity contribution < 1.29 is 0 Å². The topological polar surface area (TPSA) is 17.8 Å². The quantitative estimate of drug-likeness (QED) is 0.647. The molecule has 96 valence electrons. The smallest absolute Gasteiger partial charge is 0.150 e. The van der Waals surface area contributed by atoms with Crippen LogP contribution in [0.3, 0.4) is 0 Å². The zero-order valence-electron chi connectivity index (χ0n) is 10.4. The standard InChI is InChI=1S/C15H14N2S2/c1-2-5-13(6-3-1)18-12-10-17-9-8-16-15(17)14-7-4-11-19-14/h1-9,11H,10,12H2. The average molecular weight is 286 g/mol. The van der Waals surface area contributed by atoms with Crippen LogP contribution in [0, 0.1) is 0 Å². The van der Waals surface area contributed by atoms with Gasteiger partial charge in [-0.15, -0.1) is 23.1 Å². The van der Waals surface area contributed by atoms with Crippen LogP contribution >= 0.6 is 23.1 Å². The largest absolute Gasteiger partial charge is 0.329 e. The second-order valence-corrected chi connectivity index (χ2v) is 6.20. The van der Waals surface area contributed by atoms with E-state index >= 15 is 0 Å². The van der Waals surface area contributed by atoms with Gasteiger partial charge in [-0.1, -0.05) is 24.3 Å². The first-order valence-electron chi connectivity index (χ1n) is 6.16. The van der Waals surface area contributed by atoms with Crippen molar-refractivity contribution in [2.24, 2.45) is 0 Å². The summed E-state index contributed by atoms with van der Waals surface area (Å²) in [6.07, 6.45) is 3.93. The maximum atomic E-state index is 4.45. The number of thioether (sulfide) groups is 1. The second-order valence-electron chi connectivity index (χ2n) is 4.08. The van der Waals surface area contributed by atoms with Gasteiger partial charge in [0.1, 0.15) is 5.82 Å². The Morgan fingerprint density at radius 1 is 1.11 bits per heavy atom. The molecule has 0 radical (unpaired) electrons. The molecule has 19 heavy (non-hydrogen) atoms. The summed E-state index contributed by atoms with van der Waals surface area (Å²) in [6, 6.07) is 14.7. The first-order chi connectivity index (χ1) is 9.43. The molecule has 0 amide bonds. The normalized spacial score (nSPS) is 10.7. The molecule has 0 aliphatic heterocycles. The van der Waals surface area contributed by atoms with Gasteiger partial charge in [-0.05, 0) is 23.6 Å². The van der Waals surface area contributed by atoms with Crippen LogP contribution in [-0.4, -0.2) is 15.3 Å². The molecule has 2 nitrogen and oxygen atoms in total. The molecule has 2 aromatic heterocycles. The molecule has 0 spiro atoms. The van der Waals surface area contributed by atoms with E-state index in [4.69, 9.17) is 0 Å². The number of hydrogen-bond acceptors (Lipinski definition) is 3. The van der Waals surface area contributed by atoms with Crippen molar-refractivity contribution in [2.75, 3.05) is 5.75 Å². The van der Waals surface area contributed by atoms with Gasteiger partial charge in [-0.25, -0.2) is 4.98 Å². The van der Waals surface area contributed by atoms with Crippen LogP contribution in [0.25, 0.3) is 10.7 Å². The van der Waals surface area contributed by atoms with Crippen LogP contribution in [0.1, 0.15) is 0 Å². The van der Waals surface area contributed by atoms with E-state index in [9.17, 15) is 0 Å². The van der Waals surface area contributed by atoms with Gasteiger partial charge in [0.05, 0.1) is 4.88 Å². The van der Waals surface area contributed by atoms with Gasteiger partial charge in [0.15, 0.2) is 0 Å². The highest BCUT2D eigenvalue weighted by Gasteiger charge is 2.06. The minimum absolute atomic E-state index is 0.979. The zero-order valence-corrected chi connectivity index (χ0v) is 12.0. The Morgan fingerprint density at radius 3 is 2.79 bits per heavy atom. The van der Waals surface area contributed by atoms with Crippen LogP contribution < -0.4 is 0 Å². The molecular weight excluding hydrogens is 272 g/mol. The maximum absolute atomic E-state index is 4.45. The maximum Gasteiger partial charge on any atom is 0.150 e. The Labute approximate surface area is 121 Å². The van der Waals surface area contributed by atoms with E-state index in [0.717, 1.165) is 18.1 Å². The van der Waals surface area contributed by atoms with E-state index in [0.29, 0.717) is 0 Å². The highest BCUT2D eigenvalue weighted by molar-refractivity contribution is 7.99. The third-order valence-electron chi connectivity index (χ3n) is 2.80. The predicted octanol–water partition coefficient (Wildman–Crippen LogP) is 4.40. The predicted molar refractivity (Wildman–Crippen MR) is 82.7 cm³/mol. The van der Waals surface area contributed by atoms with Gasteiger partial charge >= 0.3 is 0 Å². The summed E-state index contributed by atoms with van der Waals surface area (Å²) in [4.78, 5) is 7.00. The lowest BCUT2D eigenvalue weighted by atomic mass is 10.4. The van der Waals surface area contributed by atoms with Gasteiger partial charge in [0, 0.05) is 29.6 Å². The van der Waals surface area contributed by atoms with Crippen molar-refractivity contribution in [3.63, 3.8) is 0 Å².